The first-order valence-corrected chi connectivity index (χ1v) is 63.0. The molecule has 1 heterocycles. The molecular formula is C54H126Ge2Si12. The van der Waals surface area contributed by atoms with Crippen LogP contribution in [-0.4, -0.2) is 125 Å². The van der Waals surface area contributed by atoms with Gasteiger partial charge in [0.15, 0.2) is 0 Å². The quantitative estimate of drug-likeness (QED) is 0.233. The van der Waals surface area contributed by atoms with Crippen LogP contribution in [-0.2, 0) is 0 Å². The molecule has 68 heavy (non-hydrogen) atoms. The molecule has 1 aliphatic heterocycles. The van der Waals surface area contributed by atoms with E-state index in [2.05, 4.69) is 289 Å². The van der Waals surface area contributed by atoms with E-state index in [1.807, 2.05) is 0 Å². The summed E-state index contributed by atoms with van der Waals surface area (Å²) in [7, 11) is -18.7. The van der Waals surface area contributed by atoms with E-state index < -0.39 is 89.6 Å². The first-order valence-electron chi connectivity index (χ1n) is 27.0. The maximum absolute atomic E-state index is 3.23. The molecule has 14 radical (unpaired) electrons. The predicted molar refractivity (Wildman–Crippen MR) is 352 cm³/mol. The number of hydrogen-bond acceptors (Lipinski definition) is 0. The van der Waals surface area contributed by atoms with Gasteiger partial charge in [0.05, 0.1) is 0 Å². The van der Waals surface area contributed by atoms with Gasteiger partial charge in [0.25, 0.3) is 0 Å². The molecule has 0 bridgehead atoms. The van der Waals surface area contributed by atoms with Crippen LogP contribution in [0.4, 0.5) is 0 Å². The average Bonchev–Trinajstić information content (AvgIpc) is 2.98. The zero-order valence-electron chi connectivity index (χ0n) is 55.0. The second-order valence-electron chi connectivity index (χ2n) is 36.0. The fraction of sp³-hybridized carbons (Fsp3) is 1.00. The van der Waals surface area contributed by atoms with Crippen molar-refractivity contribution in [1.82, 2.24) is 0 Å². The Kier molecular flexibility index (Phi) is 22.1. The van der Waals surface area contributed by atoms with Crippen molar-refractivity contribution in [2.24, 2.45) is 0 Å². The van der Waals surface area contributed by atoms with Crippen LogP contribution in [0.2, 0.25) is 99.7 Å². The van der Waals surface area contributed by atoms with Gasteiger partial charge in [-0.3, -0.25) is 0 Å². The summed E-state index contributed by atoms with van der Waals surface area (Å²) < 4.78 is 0. The van der Waals surface area contributed by atoms with Crippen molar-refractivity contribution in [3.8, 4) is 0 Å². The molecule has 0 aromatic rings. The van der Waals surface area contributed by atoms with Gasteiger partial charge in [0, 0.05) is 125 Å². The molecule has 0 N–H and O–H groups in total. The standard InChI is InChI=1S/C54H126Si12.2Ge/c1-43(2,3)61(37,44(4,5)6)55-56(62(38,45(7,8)9)46(10,11)12)58(64(40,49(19,20)21)50(22,23)24)60(66(42,53(31,32)33)54(34,35)36)59(65(41,51(25,26)27)52(28,29)30)57(55)63(39,47(13,14)15)48(16,17)18;;/h1-42H3;;. The van der Waals surface area contributed by atoms with Crippen LogP contribution in [0.5, 0.6) is 0 Å². The van der Waals surface area contributed by atoms with Crippen LogP contribution in [0.25, 0.3) is 0 Å². The Balaban J connectivity index is 0. The third-order valence-electron chi connectivity index (χ3n) is 22.5. The number of hydrogen-bond donors (Lipinski definition) is 0. The van der Waals surface area contributed by atoms with Crippen molar-refractivity contribution in [2.45, 2.75) is 349 Å². The smallest absolute Gasteiger partial charge is 0.0456 e. The molecule has 1 rings (SSSR count). The molecule has 0 spiro atoms. The van der Waals surface area contributed by atoms with E-state index in [4.69, 9.17) is 0 Å². The van der Waals surface area contributed by atoms with Gasteiger partial charge in [-0.25, -0.2) is 0 Å². The van der Waals surface area contributed by atoms with Crippen molar-refractivity contribution >= 4 is 125 Å². The Morgan fingerprint density at radius 2 is 0.191 bits per heavy atom. The SMILES string of the molecule is CC(C)(C)[Si](C)([Si]1[Si]([Si](C)(C(C)(C)C)C(C)(C)C)[Si]([Si](C)(C(C)(C)C)C(C)(C)C)[Si]([Si](C)(C(C)(C)C)C(C)(C)C)[Si]([Si](C)(C(C)(C)C)C(C)(C)C)[Si]1[Si](C)(C(C)(C)C)C(C)(C)C)C(C)(C)C.[Ge].[Ge]. The van der Waals surface area contributed by atoms with E-state index in [1.165, 1.54) is 0 Å². The fourth-order valence-corrected chi connectivity index (χ4v) is 567. The van der Waals surface area contributed by atoms with Gasteiger partial charge in [-0.15, -0.1) is 0 Å². The minimum Gasteiger partial charge on any atom is -0.0710 e. The topological polar surface area (TPSA) is 0 Å². The van der Waals surface area contributed by atoms with E-state index in [0.29, 0.717) is 60.5 Å². The first kappa shape index (κ1) is 73.8. The van der Waals surface area contributed by atoms with Gasteiger partial charge in [-0.05, 0) is 60.5 Å². The Morgan fingerprint density at radius 1 is 0.147 bits per heavy atom. The van der Waals surface area contributed by atoms with Crippen LogP contribution in [0.15, 0.2) is 0 Å². The van der Waals surface area contributed by atoms with Gasteiger partial charge < -0.3 is 0 Å². The molecular weight excluding hydrogens is 1130 g/mol. The summed E-state index contributed by atoms with van der Waals surface area (Å²) in [6.45, 7) is 123. The summed E-state index contributed by atoms with van der Waals surface area (Å²) in [4.78, 5) is 0. The molecule has 0 aliphatic carbocycles. The molecule has 1 fully saturated rings. The zero-order valence-corrected chi connectivity index (χ0v) is 71.2. The van der Waals surface area contributed by atoms with Crippen LogP contribution in [0.3, 0.4) is 0 Å². The Hall–Kier alpha value is 3.69. The third-order valence-corrected chi connectivity index (χ3v) is 284. The maximum Gasteiger partial charge on any atom is 0.0456 e. The minimum absolute atomic E-state index is 0. The summed E-state index contributed by atoms with van der Waals surface area (Å²) in [5.41, 5.74) is 0. The predicted octanol–water partition coefficient (Wildman–Crippen LogP) is 19.2. The average molecular weight is 1260 g/mol. The minimum atomic E-state index is -2.18. The fourth-order valence-electron chi connectivity index (χ4n) is 15.0. The van der Waals surface area contributed by atoms with Crippen molar-refractivity contribution in [2.75, 3.05) is 0 Å². The van der Waals surface area contributed by atoms with E-state index in [-0.39, 0.29) is 35.2 Å². The van der Waals surface area contributed by atoms with Gasteiger partial charge in [0.2, 0.25) is 0 Å². The van der Waals surface area contributed by atoms with Crippen molar-refractivity contribution in [3.05, 3.63) is 0 Å². The normalized spacial score (nSPS) is 19.3. The van der Waals surface area contributed by atoms with Crippen LogP contribution >= 0.6 is 0 Å². The molecule has 1 aliphatic rings. The second-order valence-corrected chi connectivity index (χ2v) is 144. The van der Waals surface area contributed by atoms with Gasteiger partial charge in [-0.2, -0.15) is 0 Å². The third kappa shape index (κ3) is 11.2. The van der Waals surface area contributed by atoms with Crippen LogP contribution < -0.4 is 0 Å². The van der Waals surface area contributed by atoms with Gasteiger partial charge >= 0.3 is 0 Å². The molecule has 0 aromatic carbocycles. The van der Waals surface area contributed by atoms with E-state index in [9.17, 15) is 0 Å². The largest absolute Gasteiger partial charge is 0.0710 e. The molecule has 0 aromatic heterocycles. The van der Waals surface area contributed by atoms with Crippen molar-refractivity contribution < 1.29 is 0 Å². The molecule has 14 heteroatoms. The summed E-state index contributed by atoms with van der Waals surface area (Å²) in [6, 6.07) is 0. The molecule has 1 saturated heterocycles. The summed E-state index contributed by atoms with van der Waals surface area (Å²) in [5.74, 6) is 0. The molecule has 0 amide bonds. The zero-order chi connectivity index (χ0) is 54.5. The Bertz CT molecular complexity index is 1270. The van der Waals surface area contributed by atoms with Crippen LogP contribution in [0, 0.1) is 0 Å². The van der Waals surface area contributed by atoms with Crippen molar-refractivity contribution in [3.63, 3.8) is 0 Å². The summed E-state index contributed by atoms with van der Waals surface area (Å²) in [6.07, 6.45) is 0. The molecule has 398 valence electrons. The maximum atomic E-state index is 3.23. The monoisotopic (exact) mass is 1260 g/mol. The Morgan fingerprint density at radius 3 is 0.221 bits per heavy atom. The summed E-state index contributed by atoms with van der Waals surface area (Å²) >= 11 is 0. The molecule has 0 nitrogen and oxygen atoms in total. The van der Waals surface area contributed by atoms with Crippen molar-refractivity contribution in [1.29, 1.82) is 0 Å². The Labute approximate surface area is 469 Å². The van der Waals surface area contributed by atoms with Crippen LogP contribution in [0.1, 0.15) is 249 Å². The number of rotatable bonds is 6. The summed E-state index contributed by atoms with van der Waals surface area (Å²) in [5, 5.41) is 4.04. The molecule has 0 unspecified atom stereocenters. The van der Waals surface area contributed by atoms with Gasteiger partial charge in [0.1, 0.15) is 0 Å². The van der Waals surface area contributed by atoms with E-state index >= 15 is 0 Å². The van der Waals surface area contributed by atoms with E-state index in [0.717, 1.165) is 0 Å². The molecule has 0 saturated carbocycles. The second kappa shape index (κ2) is 20.4. The van der Waals surface area contributed by atoms with Gasteiger partial charge in [-0.1, -0.05) is 289 Å². The molecule has 0 atom stereocenters. The van der Waals surface area contributed by atoms with E-state index in [1.54, 1.807) is 0 Å². The first-order chi connectivity index (χ1) is 27.7.